The van der Waals surface area contributed by atoms with Crippen LogP contribution in [0.2, 0.25) is 10.0 Å². The molecule has 0 aromatic heterocycles. The van der Waals surface area contributed by atoms with E-state index in [9.17, 15) is 19.1 Å². The summed E-state index contributed by atoms with van der Waals surface area (Å²) in [6.07, 6.45) is -0.234. The van der Waals surface area contributed by atoms with Crippen LogP contribution in [0.4, 0.5) is 10.1 Å². The highest BCUT2D eigenvalue weighted by molar-refractivity contribution is 6.31. The lowest BCUT2D eigenvalue weighted by Gasteiger charge is -2.37. The van der Waals surface area contributed by atoms with E-state index in [1.807, 2.05) is 6.07 Å². The smallest absolute Gasteiger partial charge is 0.237 e. The summed E-state index contributed by atoms with van der Waals surface area (Å²) in [6.45, 7) is 5.90. The number of aliphatic hydroxyl groups is 2. The number of carbonyl (C=O) groups excluding carboxylic acids is 2. The van der Waals surface area contributed by atoms with Gasteiger partial charge >= 0.3 is 0 Å². The SMILES string of the molecule is CC(C)(C)CC1N[C@@H](C(=O)NCC[C@H](O)CO)[C@H](c2ccc(F)c(Cl)c2)[C@@]12C(=O)Nc1cc(Cl)ccc12. The molecule has 1 fully saturated rings. The number of fused-ring (bicyclic) bond motifs is 2. The largest absolute Gasteiger partial charge is 0.394 e. The number of halogens is 3. The third-order valence-corrected chi connectivity index (χ3v) is 7.72. The molecule has 1 unspecified atom stereocenters. The summed E-state index contributed by atoms with van der Waals surface area (Å²) in [4.78, 5) is 27.6. The third kappa shape index (κ3) is 5.22. The molecular formula is C27H32Cl2FN3O4. The van der Waals surface area contributed by atoms with E-state index in [0.29, 0.717) is 28.3 Å². The van der Waals surface area contributed by atoms with Crippen molar-refractivity contribution in [3.8, 4) is 0 Å². The van der Waals surface area contributed by atoms with Crippen molar-refractivity contribution in [1.29, 1.82) is 0 Å². The lowest BCUT2D eigenvalue weighted by Crippen LogP contribution is -2.49. The third-order valence-electron chi connectivity index (χ3n) is 7.19. The fourth-order valence-corrected chi connectivity index (χ4v) is 6.05. The molecule has 2 aromatic carbocycles. The van der Waals surface area contributed by atoms with Crippen LogP contribution in [-0.2, 0) is 15.0 Å². The standard InChI is InChI=1S/C27H32Cl2FN3O4/c1-26(2,3)12-21-27(17-6-5-15(28)11-20(17)32-25(27)37)22(14-4-7-19(30)18(29)10-14)23(33-21)24(36)31-9-8-16(35)13-34/h4-7,10-11,16,21-23,33-35H,8-9,12-13H2,1-3H3,(H,31,36)(H,32,37)/t16-,21?,22-,23+,27-/m0/s1. The molecule has 37 heavy (non-hydrogen) atoms. The van der Waals surface area contributed by atoms with Crippen LogP contribution >= 0.6 is 23.2 Å². The minimum atomic E-state index is -1.21. The van der Waals surface area contributed by atoms with Gasteiger partial charge in [-0.3, -0.25) is 9.59 Å². The van der Waals surface area contributed by atoms with Crippen LogP contribution in [0.1, 0.15) is 50.7 Å². The Labute approximate surface area is 225 Å². The van der Waals surface area contributed by atoms with Gasteiger partial charge in [-0.05, 0) is 53.6 Å². The van der Waals surface area contributed by atoms with Gasteiger partial charge in [-0.2, -0.15) is 0 Å². The number of hydrogen-bond donors (Lipinski definition) is 5. The Morgan fingerprint density at radius 2 is 1.95 bits per heavy atom. The fourth-order valence-electron chi connectivity index (χ4n) is 5.69. The minimum Gasteiger partial charge on any atom is -0.394 e. The van der Waals surface area contributed by atoms with Crippen LogP contribution in [0, 0.1) is 11.2 Å². The molecule has 0 bridgehead atoms. The van der Waals surface area contributed by atoms with Crippen molar-refractivity contribution in [3.63, 3.8) is 0 Å². The van der Waals surface area contributed by atoms with Gasteiger partial charge < -0.3 is 26.2 Å². The van der Waals surface area contributed by atoms with Gasteiger partial charge in [0, 0.05) is 29.2 Å². The lowest BCUT2D eigenvalue weighted by molar-refractivity contribution is -0.124. The first-order chi connectivity index (χ1) is 17.4. The van der Waals surface area contributed by atoms with Gasteiger partial charge in [0.1, 0.15) is 11.2 Å². The monoisotopic (exact) mass is 551 g/mol. The van der Waals surface area contributed by atoms with E-state index < -0.39 is 41.9 Å². The molecule has 2 aliphatic rings. The summed E-state index contributed by atoms with van der Waals surface area (Å²) < 4.78 is 14.2. The van der Waals surface area contributed by atoms with E-state index in [1.165, 1.54) is 12.1 Å². The first-order valence-corrected chi connectivity index (χ1v) is 13.0. The number of carbonyl (C=O) groups is 2. The second-order valence-corrected chi connectivity index (χ2v) is 11.9. The van der Waals surface area contributed by atoms with Crippen molar-refractivity contribution in [1.82, 2.24) is 10.6 Å². The average molecular weight is 552 g/mol. The zero-order valence-electron chi connectivity index (χ0n) is 20.9. The van der Waals surface area contributed by atoms with Crippen LogP contribution < -0.4 is 16.0 Å². The summed E-state index contributed by atoms with van der Waals surface area (Å²) in [5.74, 6) is -1.98. The number of aliphatic hydroxyl groups excluding tert-OH is 2. The number of amides is 2. The Bertz CT molecular complexity index is 1200. The van der Waals surface area contributed by atoms with Crippen molar-refractivity contribution < 1.29 is 24.2 Å². The highest BCUT2D eigenvalue weighted by atomic mass is 35.5. The fraction of sp³-hybridized carbons (Fsp3) is 0.481. The van der Waals surface area contributed by atoms with Gasteiger partial charge in [-0.25, -0.2) is 4.39 Å². The molecule has 1 saturated heterocycles. The molecule has 2 aromatic rings. The molecule has 0 saturated carbocycles. The molecule has 200 valence electrons. The maximum atomic E-state index is 14.2. The molecule has 10 heteroatoms. The molecule has 2 amide bonds. The van der Waals surface area contributed by atoms with E-state index in [-0.39, 0.29) is 35.2 Å². The van der Waals surface area contributed by atoms with E-state index in [1.54, 1.807) is 18.2 Å². The highest BCUT2D eigenvalue weighted by Gasteiger charge is 2.65. The topological polar surface area (TPSA) is 111 Å². The Kier molecular flexibility index (Phi) is 7.89. The highest BCUT2D eigenvalue weighted by Crippen LogP contribution is 2.56. The molecule has 5 N–H and O–H groups in total. The normalized spacial score (nSPS) is 25.7. The average Bonchev–Trinajstić information content (AvgIpc) is 3.29. The van der Waals surface area contributed by atoms with Crippen molar-refractivity contribution >= 4 is 40.7 Å². The van der Waals surface area contributed by atoms with Crippen LogP contribution in [0.5, 0.6) is 0 Å². The van der Waals surface area contributed by atoms with Gasteiger partial charge in [-0.15, -0.1) is 0 Å². The zero-order chi connectivity index (χ0) is 27.1. The Morgan fingerprint density at radius 1 is 1.22 bits per heavy atom. The Morgan fingerprint density at radius 3 is 2.59 bits per heavy atom. The summed E-state index contributed by atoms with van der Waals surface area (Å²) >= 11 is 12.4. The Balaban J connectivity index is 1.87. The summed E-state index contributed by atoms with van der Waals surface area (Å²) in [6, 6.07) is 8.17. The number of anilines is 1. The lowest BCUT2D eigenvalue weighted by atomic mass is 9.62. The predicted molar refractivity (Wildman–Crippen MR) is 141 cm³/mol. The number of benzene rings is 2. The minimum absolute atomic E-state index is 0.105. The molecule has 1 spiro atoms. The maximum Gasteiger partial charge on any atom is 0.237 e. The van der Waals surface area contributed by atoms with E-state index in [2.05, 4.69) is 36.7 Å². The summed E-state index contributed by atoms with van der Waals surface area (Å²) in [7, 11) is 0. The zero-order valence-corrected chi connectivity index (χ0v) is 22.5. The quantitative estimate of drug-likeness (QED) is 0.360. The van der Waals surface area contributed by atoms with E-state index in [0.717, 1.165) is 0 Å². The second kappa shape index (κ2) is 10.5. The predicted octanol–water partition coefficient (Wildman–Crippen LogP) is 3.74. The summed E-state index contributed by atoms with van der Waals surface area (Å²) in [5, 5.41) is 28.4. The second-order valence-electron chi connectivity index (χ2n) is 11.0. The van der Waals surface area contributed by atoms with Crippen molar-refractivity contribution in [2.75, 3.05) is 18.5 Å². The molecule has 5 atom stereocenters. The summed E-state index contributed by atoms with van der Waals surface area (Å²) in [5.41, 5.74) is 0.412. The van der Waals surface area contributed by atoms with Crippen LogP contribution in [0.15, 0.2) is 36.4 Å². The molecule has 2 aliphatic heterocycles. The van der Waals surface area contributed by atoms with Crippen molar-refractivity contribution in [3.05, 3.63) is 63.4 Å². The van der Waals surface area contributed by atoms with Gasteiger partial charge in [0.05, 0.1) is 23.8 Å². The number of nitrogens with one attached hydrogen (secondary N) is 3. The molecule has 4 rings (SSSR count). The number of hydrogen-bond acceptors (Lipinski definition) is 5. The van der Waals surface area contributed by atoms with E-state index >= 15 is 0 Å². The number of rotatable bonds is 7. The molecule has 0 aliphatic carbocycles. The van der Waals surface area contributed by atoms with Gasteiger partial charge in [0.2, 0.25) is 11.8 Å². The van der Waals surface area contributed by atoms with E-state index in [4.69, 9.17) is 28.3 Å². The van der Waals surface area contributed by atoms with Crippen molar-refractivity contribution in [2.24, 2.45) is 5.41 Å². The van der Waals surface area contributed by atoms with Crippen LogP contribution in [0.3, 0.4) is 0 Å². The van der Waals surface area contributed by atoms with Crippen LogP contribution in [-0.4, -0.2) is 53.4 Å². The van der Waals surface area contributed by atoms with Gasteiger partial charge in [0.15, 0.2) is 0 Å². The van der Waals surface area contributed by atoms with Crippen LogP contribution in [0.25, 0.3) is 0 Å². The first-order valence-electron chi connectivity index (χ1n) is 12.3. The maximum absolute atomic E-state index is 14.2. The molecule has 0 radical (unpaired) electrons. The van der Waals surface area contributed by atoms with Gasteiger partial charge in [0.25, 0.3) is 0 Å². The molecule has 2 heterocycles. The first kappa shape index (κ1) is 27.8. The van der Waals surface area contributed by atoms with Gasteiger partial charge in [-0.1, -0.05) is 56.1 Å². The van der Waals surface area contributed by atoms with Crippen molar-refractivity contribution in [2.45, 2.75) is 63.1 Å². The Hall–Kier alpha value is -2.23. The molecular weight excluding hydrogens is 520 g/mol. The molecule has 7 nitrogen and oxygen atoms in total.